The number of rotatable bonds is 1. The molecule has 0 aliphatic carbocycles. The Kier molecular flexibility index (Phi) is 3.25. The molecule has 2 heterocycles. The highest BCUT2D eigenvalue weighted by molar-refractivity contribution is 5.94. The zero-order chi connectivity index (χ0) is 13.3. The average molecular weight is 259 g/mol. The molecule has 0 bridgehead atoms. The Morgan fingerprint density at radius 1 is 1.44 bits per heavy atom. The average Bonchev–Trinajstić information content (AvgIpc) is 2.74. The van der Waals surface area contributed by atoms with Gasteiger partial charge < -0.3 is 10.6 Å². The minimum atomic E-state index is -4.49. The van der Waals surface area contributed by atoms with Gasteiger partial charge in [0.05, 0.1) is 5.56 Å². The van der Waals surface area contributed by atoms with E-state index in [1.807, 2.05) is 0 Å². The summed E-state index contributed by atoms with van der Waals surface area (Å²) in [4.78, 5) is 16.7. The van der Waals surface area contributed by atoms with E-state index in [0.29, 0.717) is 19.5 Å². The first-order chi connectivity index (χ1) is 8.38. The van der Waals surface area contributed by atoms with Crippen LogP contribution < -0.4 is 5.73 Å². The molecule has 1 amide bonds. The molecule has 18 heavy (non-hydrogen) atoms. The van der Waals surface area contributed by atoms with Gasteiger partial charge in [-0.1, -0.05) is 0 Å². The molecule has 7 heteroatoms. The van der Waals surface area contributed by atoms with Crippen molar-refractivity contribution in [2.75, 3.05) is 13.1 Å². The SMILES string of the molecule is NC1CCN(C(=O)c2ccc(C(F)(F)F)nc2)C1. The van der Waals surface area contributed by atoms with Crippen LogP contribution in [0.3, 0.4) is 0 Å². The van der Waals surface area contributed by atoms with E-state index < -0.39 is 11.9 Å². The third-order valence-electron chi connectivity index (χ3n) is 2.81. The summed E-state index contributed by atoms with van der Waals surface area (Å²) < 4.78 is 36.9. The highest BCUT2D eigenvalue weighted by Gasteiger charge is 2.32. The summed E-state index contributed by atoms with van der Waals surface area (Å²) in [5.74, 6) is -0.329. The van der Waals surface area contributed by atoms with Crippen molar-refractivity contribution < 1.29 is 18.0 Å². The Bertz CT molecular complexity index is 444. The molecule has 1 saturated heterocycles. The number of amides is 1. The summed E-state index contributed by atoms with van der Waals surface area (Å²) in [6, 6.07) is 1.89. The number of hydrogen-bond donors (Lipinski definition) is 1. The fourth-order valence-corrected chi connectivity index (χ4v) is 1.84. The number of alkyl halides is 3. The molecule has 0 radical (unpaired) electrons. The first-order valence-electron chi connectivity index (χ1n) is 5.46. The van der Waals surface area contributed by atoms with Gasteiger partial charge in [-0.15, -0.1) is 0 Å². The van der Waals surface area contributed by atoms with Gasteiger partial charge in [0.1, 0.15) is 5.69 Å². The third kappa shape index (κ3) is 2.61. The quantitative estimate of drug-likeness (QED) is 0.826. The Morgan fingerprint density at radius 3 is 2.61 bits per heavy atom. The predicted molar refractivity (Wildman–Crippen MR) is 57.7 cm³/mol. The smallest absolute Gasteiger partial charge is 0.337 e. The van der Waals surface area contributed by atoms with Crippen molar-refractivity contribution in [2.45, 2.75) is 18.6 Å². The second-order valence-electron chi connectivity index (χ2n) is 4.23. The summed E-state index contributed by atoms with van der Waals surface area (Å²) in [5, 5.41) is 0. The van der Waals surface area contributed by atoms with E-state index in [1.165, 1.54) is 4.90 Å². The van der Waals surface area contributed by atoms with Gasteiger partial charge in [-0.2, -0.15) is 13.2 Å². The molecular weight excluding hydrogens is 247 g/mol. The second-order valence-corrected chi connectivity index (χ2v) is 4.23. The van der Waals surface area contributed by atoms with Crippen molar-refractivity contribution in [1.29, 1.82) is 0 Å². The lowest BCUT2D eigenvalue weighted by Gasteiger charge is -2.15. The summed E-state index contributed by atoms with van der Waals surface area (Å²) >= 11 is 0. The first kappa shape index (κ1) is 12.8. The molecule has 0 saturated carbocycles. The van der Waals surface area contributed by atoms with E-state index >= 15 is 0 Å². The summed E-state index contributed by atoms with van der Waals surface area (Å²) in [7, 11) is 0. The maximum Gasteiger partial charge on any atom is 0.433 e. The number of aromatic nitrogens is 1. The highest BCUT2D eigenvalue weighted by Crippen LogP contribution is 2.27. The molecule has 4 nitrogen and oxygen atoms in total. The van der Waals surface area contributed by atoms with Crippen LogP contribution in [0, 0.1) is 0 Å². The van der Waals surface area contributed by atoms with Crippen molar-refractivity contribution in [3.8, 4) is 0 Å². The topological polar surface area (TPSA) is 59.2 Å². The van der Waals surface area contributed by atoms with Crippen molar-refractivity contribution in [3.63, 3.8) is 0 Å². The van der Waals surface area contributed by atoms with Gasteiger partial charge in [0, 0.05) is 25.3 Å². The fourth-order valence-electron chi connectivity index (χ4n) is 1.84. The zero-order valence-corrected chi connectivity index (χ0v) is 9.44. The van der Waals surface area contributed by atoms with Crippen LogP contribution in [0.2, 0.25) is 0 Å². The molecule has 1 atom stereocenters. The van der Waals surface area contributed by atoms with Gasteiger partial charge in [-0.05, 0) is 18.6 Å². The Morgan fingerprint density at radius 2 is 2.17 bits per heavy atom. The van der Waals surface area contributed by atoms with Gasteiger partial charge in [0.25, 0.3) is 5.91 Å². The molecule has 0 aromatic carbocycles. The van der Waals surface area contributed by atoms with Crippen LogP contribution in [-0.4, -0.2) is 34.9 Å². The van der Waals surface area contributed by atoms with E-state index in [-0.39, 0.29) is 17.5 Å². The number of nitrogens with zero attached hydrogens (tertiary/aromatic N) is 2. The molecule has 2 rings (SSSR count). The van der Waals surface area contributed by atoms with Gasteiger partial charge in [0.2, 0.25) is 0 Å². The predicted octanol–water partition coefficient (Wildman–Crippen LogP) is 1.27. The molecule has 1 aromatic heterocycles. The molecule has 0 spiro atoms. The Hall–Kier alpha value is -1.63. The molecule has 98 valence electrons. The number of pyridine rings is 1. The van der Waals surface area contributed by atoms with Crippen LogP contribution in [0.15, 0.2) is 18.3 Å². The van der Waals surface area contributed by atoms with Crippen molar-refractivity contribution in [2.24, 2.45) is 5.73 Å². The maximum atomic E-state index is 12.3. The molecular formula is C11H12F3N3O. The standard InChI is InChI=1S/C11H12F3N3O/c12-11(13,14)9-2-1-7(5-16-9)10(18)17-4-3-8(15)6-17/h1-2,5,8H,3-4,6,15H2. The lowest BCUT2D eigenvalue weighted by Crippen LogP contribution is -2.32. The van der Waals surface area contributed by atoms with E-state index in [2.05, 4.69) is 4.98 Å². The minimum absolute atomic E-state index is 0.0589. The molecule has 1 fully saturated rings. The molecule has 1 aliphatic heterocycles. The number of carbonyl (C=O) groups excluding carboxylic acids is 1. The van der Waals surface area contributed by atoms with Crippen LogP contribution in [0.25, 0.3) is 0 Å². The second kappa shape index (κ2) is 4.56. The van der Waals surface area contributed by atoms with Crippen LogP contribution in [-0.2, 0) is 6.18 Å². The number of hydrogen-bond acceptors (Lipinski definition) is 3. The van der Waals surface area contributed by atoms with Crippen LogP contribution in [0.4, 0.5) is 13.2 Å². The van der Waals surface area contributed by atoms with Crippen LogP contribution >= 0.6 is 0 Å². The van der Waals surface area contributed by atoms with Crippen molar-refractivity contribution in [1.82, 2.24) is 9.88 Å². The lowest BCUT2D eigenvalue weighted by atomic mass is 10.2. The third-order valence-corrected chi connectivity index (χ3v) is 2.81. The van der Waals surface area contributed by atoms with E-state index in [1.54, 1.807) is 0 Å². The minimum Gasteiger partial charge on any atom is -0.337 e. The first-order valence-corrected chi connectivity index (χ1v) is 5.46. The Balaban J connectivity index is 2.12. The van der Waals surface area contributed by atoms with E-state index in [0.717, 1.165) is 18.3 Å². The van der Waals surface area contributed by atoms with Crippen molar-refractivity contribution >= 4 is 5.91 Å². The number of carbonyl (C=O) groups is 1. The Labute approximate surface area is 102 Å². The summed E-state index contributed by atoms with van der Waals surface area (Å²) in [6.07, 6.45) is -2.83. The molecule has 1 aromatic rings. The van der Waals surface area contributed by atoms with Gasteiger partial charge in [-0.25, -0.2) is 0 Å². The van der Waals surface area contributed by atoms with Crippen LogP contribution in [0.5, 0.6) is 0 Å². The largest absolute Gasteiger partial charge is 0.433 e. The molecule has 1 unspecified atom stereocenters. The van der Waals surface area contributed by atoms with Gasteiger partial charge in [-0.3, -0.25) is 9.78 Å². The number of likely N-dealkylation sites (tertiary alicyclic amines) is 1. The summed E-state index contributed by atoms with van der Waals surface area (Å²) in [5.41, 5.74) is 4.81. The lowest BCUT2D eigenvalue weighted by molar-refractivity contribution is -0.141. The van der Waals surface area contributed by atoms with Gasteiger partial charge >= 0.3 is 6.18 Å². The van der Waals surface area contributed by atoms with Crippen molar-refractivity contribution in [3.05, 3.63) is 29.6 Å². The van der Waals surface area contributed by atoms with E-state index in [9.17, 15) is 18.0 Å². The normalized spacial score (nSPS) is 20.2. The highest BCUT2D eigenvalue weighted by atomic mass is 19.4. The number of nitrogens with two attached hydrogens (primary N) is 1. The van der Waals surface area contributed by atoms with Gasteiger partial charge in [0.15, 0.2) is 0 Å². The van der Waals surface area contributed by atoms with E-state index in [4.69, 9.17) is 5.73 Å². The fraction of sp³-hybridized carbons (Fsp3) is 0.455. The number of halogens is 3. The monoisotopic (exact) mass is 259 g/mol. The molecule has 1 aliphatic rings. The maximum absolute atomic E-state index is 12.3. The zero-order valence-electron chi connectivity index (χ0n) is 9.44. The summed E-state index contributed by atoms with van der Waals surface area (Å²) in [6.45, 7) is 0.959. The molecule has 2 N–H and O–H groups in total. The van der Waals surface area contributed by atoms with Crippen LogP contribution in [0.1, 0.15) is 22.5 Å².